The molecule has 8 heteroatoms. The predicted molar refractivity (Wildman–Crippen MR) is 109 cm³/mol. The Labute approximate surface area is 173 Å². The molecule has 30 heavy (non-hydrogen) atoms. The molecule has 8 nitrogen and oxygen atoms in total. The van der Waals surface area contributed by atoms with Gasteiger partial charge in [0.1, 0.15) is 0 Å². The molecule has 0 atom stereocenters. The number of nitrogens with one attached hydrogen (secondary N) is 1. The van der Waals surface area contributed by atoms with E-state index in [1.807, 2.05) is 31.2 Å². The number of rotatable bonds is 7. The van der Waals surface area contributed by atoms with E-state index in [2.05, 4.69) is 14.8 Å². The van der Waals surface area contributed by atoms with Crippen LogP contribution < -0.4 is 5.32 Å². The lowest BCUT2D eigenvalue weighted by Crippen LogP contribution is -2.22. The van der Waals surface area contributed by atoms with Crippen molar-refractivity contribution in [2.45, 2.75) is 6.92 Å². The van der Waals surface area contributed by atoms with E-state index in [1.54, 1.807) is 6.08 Å². The fourth-order valence-corrected chi connectivity index (χ4v) is 2.48. The first-order valence-corrected chi connectivity index (χ1v) is 8.86. The zero-order chi connectivity index (χ0) is 22.1. The third kappa shape index (κ3) is 6.03. The van der Waals surface area contributed by atoms with Gasteiger partial charge in [0.15, 0.2) is 6.61 Å². The molecule has 0 bridgehead atoms. The number of amides is 1. The maximum Gasteiger partial charge on any atom is 0.339 e. The average Bonchev–Trinajstić information content (AvgIpc) is 2.76. The van der Waals surface area contributed by atoms with Gasteiger partial charge < -0.3 is 19.5 Å². The van der Waals surface area contributed by atoms with Crippen LogP contribution in [0.4, 0.5) is 5.69 Å². The molecule has 2 aromatic carbocycles. The van der Waals surface area contributed by atoms with Gasteiger partial charge in [-0.1, -0.05) is 24.3 Å². The summed E-state index contributed by atoms with van der Waals surface area (Å²) in [6.45, 7) is 1.32. The van der Waals surface area contributed by atoms with Gasteiger partial charge in [0.05, 0.1) is 31.0 Å². The Morgan fingerprint density at radius 2 is 1.67 bits per heavy atom. The molecule has 0 saturated carbocycles. The molecule has 156 valence electrons. The summed E-state index contributed by atoms with van der Waals surface area (Å²) in [5.41, 5.74) is 2.02. The van der Waals surface area contributed by atoms with Crippen molar-refractivity contribution in [2.75, 3.05) is 26.1 Å². The maximum absolute atomic E-state index is 12.2. The highest BCUT2D eigenvalue weighted by Crippen LogP contribution is 2.20. The summed E-state index contributed by atoms with van der Waals surface area (Å²) in [6, 6.07) is 11.4. The first kappa shape index (κ1) is 22.4. The Morgan fingerprint density at radius 3 is 2.33 bits per heavy atom. The van der Waals surface area contributed by atoms with Gasteiger partial charge in [0.25, 0.3) is 5.91 Å². The zero-order valence-corrected chi connectivity index (χ0v) is 16.8. The Morgan fingerprint density at radius 1 is 0.967 bits per heavy atom. The molecular weight excluding hydrogens is 390 g/mol. The smallest absolute Gasteiger partial charge is 0.339 e. The molecule has 0 unspecified atom stereocenters. The normalized spacial score (nSPS) is 10.4. The van der Waals surface area contributed by atoms with Gasteiger partial charge in [-0.05, 0) is 42.3 Å². The molecule has 0 aliphatic heterocycles. The van der Waals surface area contributed by atoms with Crippen LogP contribution in [0, 0.1) is 6.92 Å². The molecule has 2 rings (SSSR count). The topological polar surface area (TPSA) is 108 Å². The van der Waals surface area contributed by atoms with Crippen molar-refractivity contribution in [3.63, 3.8) is 0 Å². The summed E-state index contributed by atoms with van der Waals surface area (Å²) in [6.07, 6.45) is 2.80. The molecule has 0 saturated heterocycles. The lowest BCUT2D eigenvalue weighted by molar-refractivity contribution is -0.142. The van der Waals surface area contributed by atoms with Gasteiger partial charge in [0, 0.05) is 6.08 Å². The average molecular weight is 411 g/mol. The fourth-order valence-electron chi connectivity index (χ4n) is 2.48. The van der Waals surface area contributed by atoms with Crippen LogP contribution >= 0.6 is 0 Å². The van der Waals surface area contributed by atoms with E-state index in [0.717, 1.165) is 11.1 Å². The highest BCUT2D eigenvalue weighted by Gasteiger charge is 2.17. The molecule has 1 N–H and O–H groups in total. The second-order valence-corrected chi connectivity index (χ2v) is 6.09. The first-order chi connectivity index (χ1) is 14.3. The van der Waals surface area contributed by atoms with Crippen molar-refractivity contribution >= 4 is 35.6 Å². The molecule has 0 radical (unpaired) electrons. The van der Waals surface area contributed by atoms with Crippen LogP contribution in [0.1, 0.15) is 31.8 Å². The van der Waals surface area contributed by atoms with Crippen LogP contribution in [0.5, 0.6) is 0 Å². The number of hydrogen-bond donors (Lipinski definition) is 1. The Hall–Kier alpha value is -3.94. The highest BCUT2D eigenvalue weighted by molar-refractivity contribution is 6.04. The summed E-state index contributed by atoms with van der Waals surface area (Å²) in [5.74, 6) is -2.75. The molecule has 0 aliphatic rings. The number of benzene rings is 2. The third-order valence-electron chi connectivity index (χ3n) is 4.05. The fraction of sp³-hybridized carbons (Fsp3) is 0.182. The Kier molecular flexibility index (Phi) is 7.87. The number of carbonyl (C=O) groups is 4. The van der Waals surface area contributed by atoms with Crippen LogP contribution in [0.25, 0.3) is 6.08 Å². The van der Waals surface area contributed by atoms with E-state index in [0.29, 0.717) is 0 Å². The van der Waals surface area contributed by atoms with Crippen molar-refractivity contribution in [2.24, 2.45) is 0 Å². The van der Waals surface area contributed by atoms with Crippen molar-refractivity contribution in [3.05, 3.63) is 70.8 Å². The van der Waals surface area contributed by atoms with Gasteiger partial charge in [-0.3, -0.25) is 4.79 Å². The second kappa shape index (κ2) is 10.6. The molecular formula is C22H21NO7. The second-order valence-electron chi connectivity index (χ2n) is 6.09. The highest BCUT2D eigenvalue weighted by atomic mass is 16.5. The van der Waals surface area contributed by atoms with Crippen LogP contribution in [0.2, 0.25) is 0 Å². The lowest BCUT2D eigenvalue weighted by atomic mass is 10.1. The summed E-state index contributed by atoms with van der Waals surface area (Å²) < 4.78 is 14.2. The van der Waals surface area contributed by atoms with Crippen LogP contribution in [-0.2, 0) is 23.8 Å². The number of esters is 3. The van der Waals surface area contributed by atoms with Crippen molar-refractivity contribution in [3.8, 4) is 0 Å². The summed E-state index contributed by atoms with van der Waals surface area (Å²) >= 11 is 0. The number of carbonyl (C=O) groups excluding carboxylic acids is 4. The van der Waals surface area contributed by atoms with Crippen LogP contribution in [0.15, 0.2) is 48.5 Å². The SMILES string of the molecule is COC(=O)c1ccc(C(=O)OC)c(NC(=O)COC(=O)/C=C/c2ccccc2C)c1. The van der Waals surface area contributed by atoms with Gasteiger partial charge in [-0.2, -0.15) is 0 Å². The number of anilines is 1. The van der Waals surface area contributed by atoms with Crippen molar-refractivity contribution in [1.82, 2.24) is 0 Å². The van der Waals surface area contributed by atoms with E-state index in [1.165, 1.54) is 38.5 Å². The minimum absolute atomic E-state index is 0.0289. The number of methoxy groups -OCH3 is 2. The predicted octanol–water partition coefficient (Wildman–Crippen LogP) is 2.76. The molecule has 0 aliphatic carbocycles. The summed E-state index contributed by atoms with van der Waals surface area (Å²) in [5, 5.41) is 2.43. The van der Waals surface area contributed by atoms with Crippen molar-refractivity contribution in [1.29, 1.82) is 0 Å². The quantitative estimate of drug-likeness (QED) is 0.424. The monoisotopic (exact) mass is 411 g/mol. The molecule has 2 aromatic rings. The minimum Gasteiger partial charge on any atom is -0.465 e. The molecule has 1 amide bonds. The molecule has 0 aromatic heterocycles. The van der Waals surface area contributed by atoms with Gasteiger partial charge in [-0.25, -0.2) is 14.4 Å². The maximum atomic E-state index is 12.2. The standard InChI is InChI=1S/C22H21NO7/c1-14-6-4-5-7-15(14)9-11-20(25)30-13-19(24)23-18-12-16(21(26)28-2)8-10-17(18)22(27)29-3/h4-12H,13H2,1-3H3,(H,23,24)/b11-9+. The third-order valence-corrected chi connectivity index (χ3v) is 4.05. The zero-order valence-electron chi connectivity index (χ0n) is 16.8. The Balaban J connectivity index is 2.04. The van der Waals surface area contributed by atoms with Gasteiger partial charge in [-0.15, -0.1) is 0 Å². The molecule has 0 fully saturated rings. The summed E-state index contributed by atoms with van der Waals surface area (Å²) in [7, 11) is 2.39. The molecule has 0 heterocycles. The number of aryl methyl sites for hydroxylation is 1. The largest absolute Gasteiger partial charge is 0.465 e. The lowest BCUT2D eigenvalue weighted by Gasteiger charge is -2.11. The van der Waals surface area contributed by atoms with Crippen LogP contribution in [-0.4, -0.2) is 44.6 Å². The van der Waals surface area contributed by atoms with Crippen molar-refractivity contribution < 1.29 is 33.4 Å². The van der Waals surface area contributed by atoms with Gasteiger partial charge >= 0.3 is 17.9 Å². The van der Waals surface area contributed by atoms with E-state index in [9.17, 15) is 19.2 Å². The number of hydrogen-bond acceptors (Lipinski definition) is 7. The van der Waals surface area contributed by atoms with E-state index in [-0.39, 0.29) is 16.8 Å². The van der Waals surface area contributed by atoms with Gasteiger partial charge in [0.2, 0.25) is 0 Å². The van der Waals surface area contributed by atoms with E-state index in [4.69, 9.17) is 4.74 Å². The van der Waals surface area contributed by atoms with E-state index >= 15 is 0 Å². The Bertz CT molecular complexity index is 995. The summed E-state index contributed by atoms with van der Waals surface area (Å²) in [4.78, 5) is 47.6. The minimum atomic E-state index is -0.708. The number of ether oxygens (including phenoxy) is 3. The van der Waals surface area contributed by atoms with Crippen LogP contribution in [0.3, 0.4) is 0 Å². The molecule has 0 spiro atoms. The van der Waals surface area contributed by atoms with E-state index < -0.39 is 30.4 Å². The first-order valence-electron chi connectivity index (χ1n) is 8.86.